The number of thiol groups is 1. The minimum absolute atomic E-state index is 0.0887. The molecule has 12 heteroatoms. The van der Waals surface area contributed by atoms with Crippen molar-refractivity contribution in [3.8, 4) is 0 Å². The molecule has 0 saturated carbocycles. The van der Waals surface area contributed by atoms with E-state index in [0.717, 1.165) is 0 Å². The van der Waals surface area contributed by atoms with Gasteiger partial charge in [0.25, 0.3) is 0 Å². The van der Waals surface area contributed by atoms with Crippen molar-refractivity contribution in [2.75, 3.05) is 5.75 Å². The van der Waals surface area contributed by atoms with E-state index in [2.05, 4.69) is 28.6 Å². The normalized spacial score (nSPS) is 15.1. The van der Waals surface area contributed by atoms with Gasteiger partial charge in [0.2, 0.25) is 17.7 Å². The summed E-state index contributed by atoms with van der Waals surface area (Å²) in [6, 6.07) is -4.37. The van der Waals surface area contributed by atoms with Gasteiger partial charge in [0.15, 0.2) is 0 Å². The Labute approximate surface area is 155 Å². The van der Waals surface area contributed by atoms with Gasteiger partial charge in [0.05, 0.1) is 6.04 Å². The Morgan fingerprint density at radius 2 is 1.38 bits per heavy atom. The predicted octanol–water partition coefficient (Wildman–Crippen LogP) is -2.31. The van der Waals surface area contributed by atoms with Crippen LogP contribution in [0.15, 0.2) is 0 Å². The molecular weight excluding hydrogens is 368 g/mol. The largest absolute Gasteiger partial charge is 0.481 e. The first-order valence-corrected chi connectivity index (χ1v) is 8.35. The average molecular weight is 392 g/mol. The van der Waals surface area contributed by atoms with Crippen molar-refractivity contribution in [3.63, 3.8) is 0 Å². The van der Waals surface area contributed by atoms with E-state index >= 15 is 0 Å². The number of carbonyl (C=O) groups excluding carboxylic acids is 3. The average Bonchev–Trinajstić information content (AvgIpc) is 2.56. The lowest BCUT2D eigenvalue weighted by molar-refractivity contribution is -0.141. The Morgan fingerprint density at radius 1 is 0.923 bits per heavy atom. The van der Waals surface area contributed by atoms with Crippen molar-refractivity contribution >= 4 is 42.3 Å². The van der Waals surface area contributed by atoms with Crippen molar-refractivity contribution in [1.29, 1.82) is 0 Å². The highest BCUT2D eigenvalue weighted by molar-refractivity contribution is 7.80. The third-order valence-electron chi connectivity index (χ3n) is 3.31. The second-order valence-corrected chi connectivity index (χ2v) is 5.95. The van der Waals surface area contributed by atoms with Gasteiger partial charge in [0, 0.05) is 12.2 Å². The zero-order valence-electron chi connectivity index (χ0n) is 14.4. The van der Waals surface area contributed by atoms with Gasteiger partial charge in [-0.2, -0.15) is 12.6 Å². The lowest BCUT2D eigenvalue weighted by Crippen LogP contribution is -2.55. The summed E-state index contributed by atoms with van der Waals surface area (Å²) in [7, 11) is 0. The molecule has 26 heavy (non-hydrogen) atoms. The Hall–Kier alpha value is -2.34. The Bertz CT molecular complexity index is 557. The van der Waals surface area contributed by atoms with Crippen LogP contribution in [0.1, 0.15) is 26.7 Å². The Kier molecular flexibility index (Phi) is 10.3. The van der Waals surface area contributed by atoms with E-state index in [0.29, 0.717) is 0 Å². The van der Waals surface area contributed by atoms with E-state index in [1.165, 1.54) is 13.8 Å². The Morgan fingerprint density at radius 3 is 1.81 bits per heavy atom. The summed E-state index contributed by atoms with van der Waals surface area (Å²) in [6.45, 7) is 2.70. The number of hydrogen-bond donors (Lipinski definition) is 7. The van der Waals surface area contributed by atoms with E-state index < -0.39 is 53.8 Å². The van der Waals surface area contributed by atoms with E-state index in [-0.39, 0.29) is 18.6 Å². The second-order valence-electron chi connectivity index (χ2n) is 5.58. The van der Waals surface area contributed by atoms with E-state index in [9.17, 15) is 24.0 Å². The van der Waals surface area contributed by atoms with Gasteiger partial charge in [-0.1, -0.05) is 0 Å². The van der Waals surface area contributed by atoms with Crippen LogP contribution in [0.3, 0.4) is 0 Å². The fraction of sp³-hybridized carbons (Fsp3) is 0.643. The van der Waals surface area contributed by atoms with Crippen LogP contribution in [0.4, 0.5) is 0 Å². The molecule has 0 bridgehead atoms. The van der Waals surface area contributed by atoms with Crippen LogP contribution in [-0.2, 0) is 24.0 Å². The summed E-state index contributed by atoms with van der Waals surface area (Å²) in [6.07, 6.45) is -0.378. The molecule has 3 amide bonds. The van der Waals surface area contributed by atoms with E-state index in [4.69, 9.17) is 15.9 Å². The molecule has 0 radical (unpaired) electrons. The molecule has 0 aromatic rings. The molecule has 4 atom stereocenters. The van der Waals surface area contributed by atoms with Gasteiger partial charge in [-0.05, 0) is 20.3 Å². The smallest absolute Gasteiger partial charge is 0.327 e. The predicted molar refractivity (Wildman–Crippen MR) is 93.5 cm³/mol. The zero-order valence-corrected chi connectivity index (χ0v) is 15.3. The molecule has 0 heterocycles. The summed E-state index contributed by atoms with van der Waals surface area (Å²) >= 11 is 3.81. The maximum atomic E-state index is 12.0. The minimum atomic E-state index is -1.26. The Balaban J connectivity index is 4.51. The highest BCUT2D eigenvalue weighted by atomic mass is 32.1. The molecule has 7 N–H and O–H groups in total. The van der Waals surface area contributed by atoms with Crippen LogP contribution in [0.25, 0.3) is 0 Å². The third kappa shape index (κ3) is 8.67. The third-order valence-corrected chi connectivity index (χ3v) is 3.67. The number of amides is 3. The number of nitrogens with two attached hydrogens (primary N) is 1. The van der Waals surface area contributed by atoms with Gasteiger partial charge in [-0.15, -0.1) is 0 Å². The molecule has 0 aliphatic heterocycles. The van der Waals surface area contributed by atoms with E-state index in [1.807, 2.05) is 0 Å². The second kappa shape index (κ2) is 11.3. The van der Waals surface area contributed by atoms with Gasteiger partial charge < -0.3 is 31.9 Å². The molecule has 0 aromatic carbocycles. The number of carbonyl (C=O) groups is 5. The van der Waals surface area contributed by atoms with Crippen LogP contribution in [0, 0.1) is 0 Å². The molecular formula is C14H24N4O7S. The summed E-state index contributed by atoms with van der Waals surface area (Å²) in [5, 5.41) is 24.2. The first kappa shape index (κ1) is 23.7. The van der Waals surface area contributed by atoms with Crippen molar-refractivity contribution in [3.05, 3.63) is 0 Å². The molecule has 0 rings (SSSR count). The highest BCUT2D eigenvalue weighted by Gasteiger charge is 2.25. The van der Waals surface area contributed by atoms with Crippen molar-refractivity contribution in [2.45, 2.75) is 50.9 Å². The summed E-state index contributed by atoms with van der Waals surface area (Å²) in [4.78, 5) is 57.0. The van der Waals surface area contributed by atoms with Crippen LogP contribution in [0.2, 0.25) is 0 Å². The number of carboxylic acid groups (broad SMARTS) is 2. The number of nitrogens with one attached hydrogen (secondary N) is 3. The quantitative estimate of drug-likeness (QED) is 0.191. The molecule has 11 nitrogen and oxygen atoms in total. The van der Waals surface area contributed by atoms with Gasteiger partial charge >= 0.3 is 11.9 Å². The van der Waals surface area contributed by atoms with Crippen LogP contribution < -0.4 is 21.7 Å². The van der Waals surface area contributed by atoms with Crippen LogP contribution in [-0.4, -0.2) is 69.8 Å². The van der Waals surface area contributed by atoms with Crippen molar-refractivity contribution in [2.24, 2.45) is 5.73 Å². The molecule has 0 aliphatic rings. The van der Waals surface area contributed by atoms with Gasteiger partial charge in [0.1, 0.15) is 18.1 Å². The van der Waals surface area contributed by atoms with Gasteiger partial charge in [-0.25, -0.2) is 4.79 Å². The van der Waals surface area contributed by atoms with Crippen molar-refractivity contribution < 1.29 is 34.2 Å². The lowest BCUT2D eigenvalue weighted by Gasteiger charge is -2.21. The zero-order chi connectivity index (χ0) is 20.4. The molecule has 0 unspecified atom stereocenters. The maximum absolute atomic E-state index is 12.0. The molecule has 148 valence electrons. The fourth-order valence-corrected chi connectivity index (χ4v) is 1.93. The minimum Gasteiger partial charge on any atom is -0.481 e. The summed E-state index contributed by atoms with van der Waals surface area (Å²) in [5.41, 5.74) is 5.53. The van der Waals surface area contributed by atoms with Crippen LogP contribution in [0.5, 0.6) is 0 Å². The van der Waals surface area contributed by atoms with Crippen molar-refractivity contribution in [1.82, 2.24) is 16.0 Å². The maximum Gasteiger partial charge on any atom is 0.327 e. The number of hydrogen-bond acceptors (Lipinski definition) is 7. The lowest BCUT2D eigenvalue weighted by atomic mass is 10.1. The topological polar surface area (TPSA) is 188 Å². The SMILES string of the molecule is C[C@H](NC(=O)[C@H](C)NC(=O)[C@@H](N)CCC(=O)O)C(=O)N[C@@H](CS)C(=O)O. The summed E-state index contributed by atoms with van der Waals surface area (Å²) in [5.74, 6) is -4.60. The molecule has 0 aromatic heterocycles. The number of rotatable bonds is 11. The molecule has 0 saturated heterocycles. The first-order chi connectivity index (χ1) is 12.0. The molecule has 0 aliphatic carbocycles. The summed E-state index contributed by atoms with van der Waals surface area (Å²) < 4.78 is 0. The fourth-order valence-electron chi connectivity index (χ4n) is 1.68. The molecule has 0 spiro atoms. The van der Waals surface area contributed by atoms with Gasteiger partial charge in [-0.3, -0.25) is 19.2 Å². The standard InChI is InChI=1S/C14H24N4O7S/c1-6(17-13(23)8(15)3-4-10(19)20)11(21)16-7(2)12(22)18-9(5-26)14(24)25/h6-9,26H,3-5,15H2,1-2H3,(H,16,21)(H,17,23)(H,18,22)(H,19,20)(H,24,25)/t6-,7-,8-,9-/m0/s1. The highest BCUT2D eigenvalue weighted by Crippen LogP contribution is 1.97. The number of aliphatic carboxylic acids is 2. The van der Waals surface area contributed by atoms with Crippen LogP contribution >= 0.6 is 12.6 Å². The molecule has 0 fully saturated rings. The monoisotopic (exact) mass is 392 g/mol. The first-order valence-electron chi connectivity index (χ1n) is 7.71. The van der Waals surface area contributed by atoms with E-state index in [1.54, 1.807) is 0 Å². The number of carboxylic acids is 2.